The molecule has 2 rings (SSSR count). The van der Waals surface area contributed by atoms with Gasteiger partial charge in [-0.3, -0.25) is 4.79 Å². The van der Waals surface area contributed by atoms with Gasteiger partial charge in [-0.05, 0) is 36.8 Å². The molecule has 1 N–H and O–H groups in total. The van der Waals surface area contributed by atoms with Crippen molar-refractivity contribution < 1.29 is 9.53 Å². The predicted molar refractivity (Wildman–Crippen MR) is 124 cm³/mol. The van der Waals surface area contributed by atoms with Crippen LogP contribution in [0.25, 0.3) is 0 Å². The summed E-state index contributed by atoms with van der Waals surface area (Å²) in [6, 6.07) is 14.9. The number of ether oxygens (including phenoxy) is 1. The lowest BCUT2D eigenvalue weighted by atomic mass is 10.1. The molecule has 0 aliphatic heterocycles. The number of carbonyl (C=O) groups is 1. The van der Waals surface area contributed by atoms with Gasteiger partial charge in [0.15, 0.2) is 0 Å². The van der Waals surface area contributed by atoms with E-state index >= 15 is 0 Å². The molecule has 0 spiro atoms. The molecular weight excluding hydrogens is 428 g/mol. The molecule has 0 saturated heterocycles. The number of hydrogen-bond donors (Lipinski definition) is 1. The maximum atomic E-state index is 12.2. The van der Waals surface area contributed by atoms with E-state index < -0.39 is 0 Å². The van der Waals surface area contributed by atoms with Crippen molar-refractivity contribution in [3.63, 3.8) is 0 Å². The minimum Gasteiger partial charge on any atom is -0.494 e. The number of nitrogens with zero attached hydrogens (tertiary/aromatic N) is 1. The van der Waals surface area contributed by atoms with Gasteiger partial charge in [0, 0.05) is 15.6 Å². The number of carbonyl (C=O) groups excluding carboxylic acids is 1. The van der Waals surface area contributed by atoms with Crippen LogP contribution in [0.3, 0.4) is 0 Å². The van der Waals surface area contributed by atoms with E-state index in [1.54, 1.807) is 18.3 Å². The van der Waals surface area contributed by atoms with Crippen molar-refractivity contribution in [3.05, 3.63) is 64.1 Å². The zero-order valence-electron chi connectivity index (χ0n) is 17.2. The van der Waals surface area contributed by atoms with Crippen molar-refractivity contribution in [1.29, 1.82) is 0 Å². The molecule has 0 bridgehead atoms. The van der Waals surface area contributed by atoms with Crippen LogP contribution in [0.5, 0.6) is 5.75 Å². The van der Waals surface area contributed by atoms with E-state index in [2.05, 4.69) is 33.4 Å². The largest absolute Gasteiger partial charge is 0.494 e. The lowest BCUT2D eigenvalue weighted by Crippen LogP contribution is -2.17. The third kappa shape index (κ3) is 9.27. The highest BCUT2D eigenvalue weighted by Crippen LogP contribution is 2.15. The summed E-state index contributed by atoms with van der Waals surface area (Å²) in [6.45, 7) is 2.96. The molecule has 2 aromatic carbocycles. The van der Waals surface area contributed by atoms with Crippen LogP contribution in [0.15, 0.2) is 58.1 Å². The van der Waals surface area contributed by atoms with Crippen molar-refractivity contribution in [2.45, 2.75) is 58.3 Å². The molecule has 0 aliphatic rings. The van der Waals surface area contributed by atoms with Crippen molar-refractivity contribution in [3.8, 4) is 5.75 Å². The van der Waals surface area contributed by atoms with Crippen LogP contribution < -0.4 is 10.2 Å². The van der Waals surface area contributed by atoms with Crippen molar-refractivity contribution in [2.75, 3.05) is 6.61 Å². The van der Waals surface area contributed by atoms with E-state index in [1.807, 2.05) is 36.4 Å². The second-order valence-corrected chi connectivity index (χ2v) is 7.92. The van der Waals surface area contributed by atoms with Gasteiger partial charge < -0.3 is 4.74 Å². The highest BCUT2D eigenvalue weighted by Gasteiger charge is 2.04. The summed E-state index contributed by atoms with van der Waals surface area (Å²) in [5.41, 5.74) is 4.00. The van der Waals surface area contributed by atoms with E-state index in [0.29, 0.717) is 5.56 Å². The smallest absolute Gasteiger partial charge is 0.271 e. The maximum absolute atomic E-state index is 12.2. The summed E-state index contributed by atoms with van der Waals surface area (Å²) in [6.07, 6.45) is 11.9. The Morgan fingerprint density at radius 3 is 2.31 bits per heavy atom. The maximum Gasteiger partial charge on any atom is 0.271 e. The Kier molecular flexibility index (Phi) is 11.1. The second-order valence-electron chi connectivity index (χ2n) is 7.07. The van der Waals surface area contributed by atoms with Gasteiger partial charge in [-0.25, -0.2) is 5.43 Å². The van der Waals surface area contributed by atoms with Gasteiger partial charge >= 0.3 is 0 Å². The van der Waals surface area contributed by atoms with Crippen LogP contribution >= 0.6 is 15.9 Å². The molecule has 29 heavy (non-hydrogen) atoms. The Hall–Kier alpha value is -2.14. The minimum atomic E-state index is -0.247. The number of hydrazone groups is 1. The molecule has 5 heteroatoms. The summed E-state index contributed by atoms with van der Waals surface area (Å²) < 4.78 is 6.70. The van der Waals surface area contributed by atoms with E-state index in [9.17, 15) is 4.79 Å². The van der Waals surface area contributed by atoms with Crippen molar-refractivity contribution in [2.24, 2.45) is 5.10 Å². The minimum absolute atomic E-state index is 0.247. The molecule has 0 atom stereocenters. The fourth-order valence-electron chi connectivity index (χ4n) is 2.93. The normalized spacial score (nSPS) is 11.0. The average molecular weight is 459 g/mol. The van der Waals surface area contributed by atoms with Gasteiger partial charge in [-0.15, -0.1) is 0 Å². The molecule has 2 aromatic rings. The van der Waals surface area contributed by atoms with E-state index in [0.717, 1.165) is 28.8 Å². The van der Waals surface area contributed by atoms with Crippen molar-refractivity contribution in [1.82, 2.24) is 5.43 Å². The third-order valence-electron chi connectivity index (χ3n) is 4.66. The zero-order chi connectivity index (χ0) is 20.7. The van der Waals surface area contributed by atoms with Crippen LogP contribution in [-0.4, -0.2) is 18.7 Å². The monoisotopic (exact) mass is 458 g/mol. The van der Waals surface area contributed by atoms with E-state index in [4.69, 9.17) is 4.74 Å². The average Bonchev–Trinajstić information content (AvgIpc) is 2.74. The molecule has 1 amide bonds. The van der Waals surface area contributed by atoms with Crippen LogP contribution in [0.1, 0.15) is 74.2 Å². The van der Waals surface area contributed by atoms with Crippen LogP contribution in [0.2, 0.25) is 0 Å². The molecule has 0 aromatic heterocycles. The van der Waals surface area contributed by atoms with Crippen LogP contribution in [0.4, 0.5) is 0 Å². The standard InChI is InChI=1S/C24H31BrN2O2/c1-2-3-4-5-6-7-8-11-18-29-22-16-14-20(15-17-22)24(28)27-26-19-21-12-9-10-13-23(21)25/h9-10,12-17,19H,2-8,11,18H2,1H3,(H,27,28)/b26-19-. The van der Waals surface area contributed by atoms with Gasteiger partial charge in [-0.1, -0.05) is 86.0 Å². The summed E-state index contributed by atoms with van der Waals surface area (Å²) in [5, 5.41) is 4.02. The molecule has 0 saturated carbocycles. The highest BCUT2D eigenvalue weighted by atomic mass is 79.9. The Labute approximate surface area is 182 Å². The van der Waals surface area contributed by atoms with Crippen LogP contribution in [-0.2, 0) is 0 Å². The number of benzene rings is 2. The lowest BCUT2D eigenvalue weighted by Gasteiger charge is -2.07. The van der Waals surface area contributed by atoms with Crippen molar-refractivity contribution >= 4 is 28.1 Å². The first-order chi connectivity index (χ1) is 14.2. The molecular formula is C24H31BrN2O2. The van der Waals surface area contributed by atoms with E-state index in [-0.39, 0.29) is 5.91 Å². The molecule has 0 radical (unpaired) electrons. The molecule has 0 unspecified atom stereocenters. The first kappa shape index (κ1) is 23.1. The van der Waals surface area contributed by atoms with Gasteiger partial charge in [0.25, 0.3) is 5.91 Å². The van der Waals surface area contributed by atoms with Crippen LogP contribution in [0, 0.1) is 0 Å². The quantitative estimate of drug-likeness (QED) is 0.205. The van der Waals surface area contributed by atoms with E-state index in [1.165, 1.54) is 44.9 Å². The van der Waals surface area contributed by atoms with Gasteiger partial charge in [0.1, 0.15) is 5.75 Å². The number of hydrogen-bond acceptors (Lipinski definition) is 3. The summed E-state index contributed by atoms with van der Waals surface area (Å²) in [5.74, 6) is 0.545. The second kappa shape index (κ2) is 13.9. The number of unbranched alkanes of at least 4 members (excludes halogenated alkanes) is 7. The first-order valence-electron chi connectivity index (χ1n) is 10.5. The Balaban J connectivity index is 1.65. The van der Waals surface area contributed by atoms with Gasteiger partial charge in [-0.2, -0.15) is 5.10 Å². The predicted octanol–water partition coefficient (Wildman–Crippen LogP) is 6.73. The summed E-state index contributed by atoms with van der Waals surface area (Å²) >= 11 is 3.45. The molecule has 156 valence electrons. The molecule has 0 heterocycles. The lowest BCUT2D eigenvalue weighted by molar-refractivity contribution is 0.0955. The number of halogens is 1. The molecule has 0 fully saturated rings. The first-order valence-corrected chi connectivity index (χ1v) is 11.3. The summed E-state index contributed by atoms with van der Waals surface area (Å²) in [7, 11) is 0. The highest BCUT2D eigenvalue weighted by molar-refractivity contribution is 9.10. The Morgan fingerprint density at radius 1 is 0.966 bits per heavy atom. The van der Waals surface area contributed by atoms with Gasteiger partial charge in [0.2, 0.25) is 0 Å². The summed E-state index contributed by atoms with van der Waals surface area (Å²) in [4.78, 5) is 12.2. The Morgan fingerprint density at radius 2 is 1.62 bits per heavy atom. The topological polar surface area (TPSA) is 50.7 Å². The number of nitrogens with one attached hydrogen (secondary N) is 1. The SMILES string of the molecule is CCCCCCCCCCOc1ccc(C(=O)N/N=C\c2ccccc2Br)cc1. The fourth-order valence-corrected chi connectivity index (χ4v) is 3.32. The van der Waals surface area contributed by atoms with Gasteiger partial charge in [0.05, 0.1) is 12.8 Å². The Bertz CT molecular complexity index is 760. The number of amides is 1. The number of rotatable bonds is 13. The zero-order valence-corrected chi connectivity index (χ0v) is 18.8. The molecule has 0 aliphatic carbocycles. The fraction of sp³-hybridized carbons (Fsp3) is 0.417. The third-order valence-corrected chi connectivity index (χ3v) is 5.38. The molecule has 4 nitrogen and oxygen atoms in total.